The Morgan fingerprint density at radius 2 is 2.29 bits per heavy atom. The minimum atomic E-state index is -0.108. The lowest BCUT2D eigenvalue weighted by molar-refractivity contribution is -0.782. The molecule has 2 aromatic heterocycles. The van der Waals surface area contributed by atoms with Gasteiger partial charge in [-0.3, -0.25) is 9.42 Å². The normalized spacial score (nSPS) is 10.8. The van der Waals surface area contributed by atoms with E-state index in [1.165, 1.54) is 17.4 Å². The quantitative estimate of drug-likeness (QED) is 0.510. The summed E-state index contributed by atoms with van der Waals surface area (Å²) in [5.41, 5.74) is 1.14. The van der Waals surface area contributed by atoms with Crippen LogP contribution in [0.2, 0.25) is 0 Å². The molecule has 6 heteroatoms. The summed E-state index contributed by atoms with van der Waals surface area (Å²) in [5, 5.41) is 16.6. The van der Waals surface area contributed by atoms with Gasteiger partial charge in [-0.05, 0) is 28.5 Å². The van der Waals surface area contributed by atoms with E-state index >= 15 is 0 Å². The maximum atomic E-state index is 12.0. The number of carbonyl (C=O) groups excluding carboxylic acids is 1. The van der Waals surface area contributed by atoms with Crippen molar-refractivity contribution in [2.75, 3.05) is 0 Å². The van der Waals surface area contributed by atoms with E-state index in [4.69, 9.17) is 0 Å². The van der Waals surface area contributed by atoms with Gasteiger partial charge < -0.3 is 5.21 Å². The van der Waals surface area contributed by atoms with Gasteiger partial charge in [0, 0.05) is 16.8 Å². The summed E-state index contributed by atoms with van der Waals surface area (Å²) < 4.78 is 4.44. The minimum Gasteiger partial charge on any atom is -0.359 e. The van der Waals surface area contributed by atoms with Crippen LogP contribution < -0.4 is 4.90 Å². The third kappa shape index (κ3) is 1.58. The Morgan fingerprint density at radius 1 is 1.41 bits per heavy atom. The van der Waals surface area contributed by atoms with Crippen molar-refractivity contribution in [2.45, 2.75) is 0 Å². The number of aromatic nitrogens is 2. The van der Waals surface area contributed by atoms with E-state index in [-0.39, 0.29) is 11.3 Å². The monoisotopic (exact) mass is 246 g/mol. The first-order valence-corrected chi connectivity index (χ1v) is 5.71. The summed E-state index contributed by atoms with van der Waals surface area (Å²) in [4.78, 5) is 13.0. The number of ketones is 1. The summed E-state index contributed by atoms with van der Waals surface area (Å²) >= 11 is 1.36. The van der Waals surface area contributed by atoms with Gasteiger partial charge in [0.1, 0.15) is 0 Å². The molecule has 0 N–H and O–H groups in total. The molecule has 0 bridgehead atoms. The molecule has 0 saturated heterocycles. The molecule has 0 saturated carbocycles. The van der Waals surface area contributed by atoms with Gasteiger partial charge in [0.15, 0.2) is 0 Å². The van der Waals surface area contributed by atoms with Crippen molar-refractivity contribution in [1.82, 2.24) is 5.16 Å². The molecule has 0 spiro atoms. The second-order valence-electron chi connectivity index (χ2n) is 3.44. The lowest BCUT2D eigenvalue weighted by atomic mass is 10.1. The fourth-order valence-electron chi connectivity index (χ4n) is 1.56. The first-order chi connectivity index (χ1) is 8.25. The molecule has 3 rings (SSSR count). The Bertz CT molecular complexity index is 688. The summed E-state index contributed by atoms with van der Waals surface area (Å²) in [7, 11) is 0. The molecule has 0 aliphatic heterocycles. The third-order valence-corrected chi connectivity index (χ3v) is 3.26. The maximum absolute atomic E-state index is 12.0. The van der Waals surface area contributed by atoms with Crippen molar-refractivity contribution >= 4 is 28.2 Å². The topological polar surface area (TPSA) is 70.0 Å². The summed E-state index contributed by atoms with van der Waals surface area (Å²) in [6, 6.07) is 8.27. The van der Waals surface area contributed by atoms with Crippen LogP contribution in [0.15, 0.2) is 40.3 Å². The largest absolute Gasteiger partial charge is 0.359 e. The zero-order valence-corrected chi connectivity index (χ0v) is 9.31. The van der Waals surface area contributed by atoms with Crippen LogP contribution >= 0.6 is 11.3 Å². The molecule has 0 aliphatic carbocycles. The SMILES string of the molecule is O=C(c1ccc2no[n+]([O-])c2c1)c1cccs1. The molecule has 0 fully saturated rings. The molecule has 0 unspecified atom stereocenters. The number of fused-ring (bicyclic) bond motifs is 1. The average molecular weight is 246 g/mol. The number of hydrogen-bond donors (Lipinski definition) is 0. The van der Waals surface area contributed by atoms with Crippen molar-refractivity contribution in [2.24, 2.45) is 0 Å². The average Bonchev–Trinajstić information content (AvgIpc) is 2.98. The van der Waals surface area contributed by atoms with Gasteiger partial charge in [-0.25, -0.2) is 0 Å². The number of benzene rings is 1. The van der Waals surface area contributed by atoms with Crippen LogP contribution in [0.5, 0.6) is 0 Å². The van der Waals surface area contributed by atoms with Gasteiger partial charge in [0.25, 0.3) is 0 Å². The predicted octanol–water partition coefficient (Wildman–Crippen LogP) is 1.75. The van der Waals surface area contributed by atoms with E-state index in [9.17, 15) is 10.0 Å². The molecule has 2 heterocycles. The van der Waals surface area contributed by atoms with Crippen molar-refractivity contribution in [3.05, 3.63) is 51.4 Å². The second-order valence-corrected chi connectivity index (χ2v) is 4.39. The first-order valence-electron chi connectivity index (χ1n) is 4.83. The molecule has 0 aliphatic rings. The number of hydrogen-bond acceptors (Lipinski definition) is 5. The van der Waals surface area contributed by atoms with Crippen LogP contribution in [0.1, 0.15) is 15.2 Å². The van der Waals surface area contributed by atoms with Crippen LogP contribution in [-0.4, -0.2) is 10.9 Å². The van der Waals surface area contributed by atoms with Crippen LogP contribution in [0.25, 0.3) is 11.0 Å². The molecule has 0 radical (unpaired) electrons. The molecule has 5 nitrogen and oxygen atoms in total. The Morgan fingerprint density at radius 3 is 3.06 bits per heavy atom. The van der Waals surface area contributed by atoms with E-state index in [1.54, 1.807) is 18.2 Å². The van der Waals surface area contributed by atoms with Gasteiger partial charge in [0.05, 0.1) is 4.88 Å². The van der Waals surface area contributed by atoms with E-state index in [0.29, 0.717) is 20.9 Å². The first kappa shape index (κ1) is 9.98. The fraction of sp³-hybridized carbons (Fsp3) is 0. The Hall–Kier alpha value is -2.21. The lowest BCUT2D eigenvalue weighted by Gasteiger charge is -1.96. The number of carbonyl (C=O) groups is 1. The predicted molar refractivity (Wildman–Crippen MR) is 60.7 cm³/mol. The smallest absolute Gasteiger partial charge is 0.248 e. The lowest BCUT2D eigenvalue weighted by Crippen LogP contribution is -2.22. The van der Waals surface area contributed by atoms with Crippen molar-refractivity contribution in [1.29, 1.82) is 0 Å². The highest BCUT2D eigenvalue weighted by atomic mass is 32.1. The highest BCUT2D eigenvalue weighted by Crippen LogP contribution is 2.17. The molecule has 0 amide bonds. The highest BCUT2D eigenvalue weighted by Gasteiger charge is 2.15. The Kier molecular flexibility index (Phi) is 2.15. The summed E-state index contributed by atoms with van der Waals surface area (Å²) in [5.74, 6) is -0.108. The highest BCUT2D eigenvalue weighted by molar-refractivity contribution is 7.12. The van der Waals surface area contributed by atoms with Gasteiger partial charge in [-0.1, -0.05) is 6.07 Å². The number of thiophene rings is 1. The molecule has 3 aromatic rings. The standard InChI is InChI=1S/C11H6N2O3S/c14-11(10-2-1-5-17-10)7-3-4-8-9(6-7)13(15)16-12-8/h1-6H. The molecule has 0 atom stereocenters. The third-order valence-electron chi connectivity index (χ3n) is 2.39. The van der Waals surface area contributed by atoms with E-state index in [1.807, 2.05) is 11.4 Å². The number of nitrogens with zero attached hydrogens (tertiary/aromatic N) is 2. The van der Waals surface area contributed by atoms with Gasteiger partial charge in [0.2, 0.25) is 16.8 Å². The van der Waals surface area contributed by atoms with E-state index < -0.39 is 0 Å². The fourth-order valence-corrected chi connectivity index (χ4v) is 2.25. The van der Waals surface area contributed by atoms with E-state index in [0.717, 1.165) is 0 Å². The molecule has 1 aromatic carbocycles. The zero-order chi connectivity index (χ0) is 11.8. The van der Waals surface area contributed by atoms with Crippen LogP contribution in [0.3, 0.4) is 0 Å². The molecule has 84 valence electrons. The summed E-state index contributed by atoms with van der Waals surface area (Å²) in [6.07, 6.45) is 0. The Balaban J connectivity index is 2.12. The van der Waals surface area contributed by atoms with Crippen LogP contribution in [0, 0.1) is 5.21 Å². The minimum absolute atomic E-state index is 0.108. The summed E-state index contributed by atoms with van der Waals surface area (Å²) in [6.45, 7) is 0. The zero-order valence-electron chi connectivity index (χ0n) is 8.49. The number of rotatable bonds is 2. The van der Waals surface area contributed by atoms with Crippen molar-refractivity contribution in [3.63, 3.8) is 0 Å². The maximum Gasteiger partial charge on any atom is 0.248 e. The molecular weight excluding hydrogens is 240 g/mol. The van der Waals surface area contributed by atoms with Crippen molar-refractivity contribution in [3.8, 4) is 0 Å². The van der Waals surface area contributed by atoms with Gasteiger partial charge in [-0.15, -0.1) is 11.3 Å². The molecule has 17 heavy (non-hydrogen) atoms. The van der Waals surface area contributed by atoms with Gasteiger partial charge in [-0.2, -0.15) is 0 Å². The van der Waals surface area contributed by atoms with E-state index in [2.05, 4.69) is 9.79 Å². The van der Waals surface area contributed by atoms with Gasteiger partial charge >= 0.3 is 0 Å². The van der Waals surface area contributed by atoms with Crippen LogP contribution in [0.4, 0.5) is 0 Å². The van der Waals surface area contributed by atoms with Crippen LogP contribution in [-0.2, 0) is 0 Å². The Labute approximate surface area is 99.4 Å². The second kappa shape index (κ2) is 3.67. The van der Waals surface area contributed by atoms with Crippen molar-refractivity contribution < 1.29 is 14.3 Å². The molecular formula is C11H6N2O3S.